The Hall–Kier alpha value is -0.123. The number of hydrogen-bond acceptors (Lipinski definition) is 2. The molecule has 1 N–H and O–H groups in total. The zero-order valence-electron chi connectivity index (χ0n) is 14.3. The Balaban J connectivity index is 2.77. The van der Waals surface area contributed by atoms with Gasteiger partial charge in [-0.25, -0.2) is 0 Å². The quantitative estimate of drug-likeness (QED) is 0.578. The van der Waals surface area contributed by atoms with Crippen LogP contribution < -0.4 is 0 Å². The standard InChI is InChI=1S/C17H34O2Si/c1-7-11-15(19-20(5,6)17(2,3)4)16(18)14-12-9-8-10-13-14/h7,11,14-16,18H,8-10,12-13H2,1-6H3/b11-7+/t15-,16-/m0/s1. The molecule has 0 aromatic heterocycles. The monoisotopic (exact) mass is 298 g/mol. The van der Waals surface area contributed by atoms with E-state index in [1.807, 2.05) is 13.0 Å². The number of aliphatic hydroxyl groups excluding tert-OH is 1. The topological polar surface area (TPSA) is 29.5 Å². The summed E-state index contributed by atoms with van der Waals surface area (Å²) in [6.45, 7) is 13.3. The Labute approximate surface area is 126 Å². The molecule has 0 radical (unpaired) electrons. The average Bonchev–Trinajstić information content (AvgIpc) is 2.37. The minimum Gasteiger partial charge on any atom is -0.408 e. The first-order valence-electron chi connectivity index (χ1n) is 8.18. The highest BCUT2D eigenvalue weighted by atomic mass is 28.4. The predicted molar refractivity (Wildman–Crippen MR) is 89.5 cm³/mol. The van der Waals surface area contributed by atoms with Gasteiger partial charge in [-0.15, -0.1) is 0 Å². The lowest BCUT2D eigenvalue weighted by atomic mass is 9.83. The first-order chi connectivity index (χ1) is 9.19. The minimum atomic E-state index is -1.84. The van der Waals surface area contributed by atoms with Gasteiger partial charge in [0.1, 0.15) is 0 Å². The summed E-state index contributed by atoms with van der Waals surface area (Å²) in [7, 11) is -1.84. The minimum absolute atomic E-state index is 0.135. The molecule has 0 saturated heterocycles. The Morgan fingerprint density at radius 2 is 1.70 bits per heavy atom. The summed E-state index contributed by atoms with van der Waals surface area (Å²) in [5.74, 6) is 0.412. The van der Waals surface area contributed by atoms with E-state index >= 15 is 0 Å². The molecule has 118 valence electrons. The van der Waals surface area contributed by atoms with E-state index in [1.54, 1.807) is 0 Å². The Bertz CT molecular complexity index is 311. The maximum Gasteiger partial charge on any atom is 0.193 e. The van der Waals surface area contributed by atoms with Crippen LogP contribution in [0.15, 0.2) is 12.2 Å². The Morgan fingerprint density at radius 3 is 2.15 bits per heavy atom. The smallest absolute Gasteiger partial charge is 0.193 e. The maximum absolute atomic E-state index is 10.7. The number of hydrogen-bond donors (Lipinski definition) is 1. The van der Waals surface area contributed by atoms with Crippen LogP contribution in [0.1, 0.15) is 59.8 Å². The van der Waals surface area contributed by atoms with Gasteiger partial charge < -0.3 is 9.53 Å². The third-order valence-corrected chi connectivity index (χ3v) is 9.56. The number of allylic oxidation sites excluding steroid dienone is 1. The average molecular weight is 299 g/mol. The molecule has 1 rings (SSSR count). The molecule has 0 aromatic rings. The number of rotatable bonds is 5. The lowest BCUT2D eigenvalue weighted by Gasteiger charge is -2.41. The molecule has 2 nitrogen and oxygen atoms in total. The van der Waals surface area contributed by atoms with E-state index in [2.05, 4.69) is 39.9 Å². The second-order valence-corrected chi connectivity index (χ2v) is 12.5. The highest BCUT2D eigenvalue weighted by molar-refractivity contribution is 6.74. The molecule has 0 bridgehead atoms. The van der Waals surface area contributed by atoms with Gasteiger partial charge in [0.25, 0.3) is 0 Å². The fraction of sp³-hybridized carbons (Fsp3) is 0.882. The highest BCUT2D eigenvalue weighted by Gasteiger charge is 2.41. The van der Waals surface area contributed by atoms with E-state index < -0.39 is 8.32 Å². The van der Waals surface area contributed by atoms with Crippen molar-refractivity contribution in [3.63, 3.8) is 0 Å². The van der Waals surface area contributed by atoms with Crippen molar-refractivity contribution in [2.45, 2.75) is 90.1 Å². The van der Waals surface area contributed by atoms with Crippen LogP contribution in [0.3, 0.4) is 0 Å². The van der Waals surface area contributed by atoms with Gasteiger partial charge in [-0.3, -0.25) is 0 Å². The summed E-state index contributed by atoms with van der Waals surface area (Å²) in [6.07, 6.45) is 9.72. The van der Waals surface area contributed by atoms with Crippen LogP contribution in [-0.2, 0) is 4.43 Å². The third kappa shape index (κ3) is 4.71. The van der Waals surface area contributed by atoms with E-state index in [0.29, 0.717) is 5.92 Å². The van der Waals surface area contributed by atoms with Crippen LogP contribution in [0.4, 0.5) is 0 Å². The molecule has 20 heavy (non-hydrogen) atoms. The molecule has 3 heteroatoms. The Kier molecular flexibility index (Phi) is 6.48. The molecule has 1 aliphatic rings. The first kappa shape index (κ1) is 17.9. The van der Waals surface area contributed by atoms with Crippen molar-refractivity contribution < 1.29 is 9.53 Å². The zero-order valence-corrected chi connectivity index (χ0v) is 15.3. The lowest BCUT2D eigenvalue weighted by Crippen LogP contribution is -2.48. The van der Waals surface area contributed by atoms with E-state index in [1.165, 1.54) is 19.3 Å². The fourth-order valence-corrected chi connectivity index (χ4v) is 3.93. The van der Waals surface area contributed by atoms with Gasteiger partial charge in [0.2, 0.25) is 0 Å². The van der Waals surface area contributed by atoms with Crippen molar-refractivity contribution in [2.24, 2.45) is 5.92 Å². The highest BCUT2D eigenvalue weighted by Crippen LogP contribution is 2.39. The van der Waals surface area contributed by atoms with E-state index in [4.69, 9.17) is 4.43 Å². The van der Waals surface area contributed by atoms with Crippen LogP contribution in [0.5, 0.6) is 0 Å². The van der Waals surface area contributed by atoms with Gasteiger partial charge in [-0.2, -0.15) is 0 Å². The molecule has 0 heterocycles. The molecule has 0 unspecified atom stereocenters. The molecule has 1 saturated carbocycles. The predicted octanol–water partition coefficient (Wildman–Crippen LogP) is 4.89. The van der Waals surface area contributed by atoms with Crippen LogP contribution in [0.25, 0.3) is 0 Å². The fourth-order valence-electron chi connectivity index (χ4n) is 2.67. The number of aliphatic hydroxyl groups is 1. The molecule has 1 fully saturated rings. The maximum atomic E-state index is 10.7. The normalized spacial score (nSPS) is 22.1. The molecule has 2 atom stereocenters. The van der Waals surface area contributed by atoms with Crippen LogP contribution in [-0.4, -0.2) is 25.6 Å². The van der Waals surface area contributed by atoms with Crippen molar-refractivity contribution in [2.75, 3.05) is 0 Å². The molecule has 1 aliphatic carbocycles. The van der Waals surface area contributed by atoms with Gasteiger partial charge in [-0.05, 0) is 43.8 Å². The summed E-state index contributed by atoms with van der Waals surface area (Å²) in [5, 5.41) is 10.9. The van der Waals surface area contributed by atoms with Crippen molar-refractivity contribution in [1.82, 2.24) is 0 Å². The molecular formula is C17H34O2Si. The van der Waals surface area contributed by atoms with Crippen molar-refractivity contribution in [3.8, 4) is 0 Å². The van der Waals surface area contributed by atoms with Crippen molar-refractivity contribution in [1.29, 1.82) is 0 Å². The van der Waals surface area contributed by atoms with Crippen LogP contribution in [0, 0.1) is 5.92 Å². The summed E-state index contributed by atoms with van der Waals surface area (Å²) >= 11 is 0. The second-order valence-electron chi connectivity index (χ2n) is 7.76. The summed E-state index contributed by atoms with van der Waals surface area (Å²) in [5.41, 5.74) is 0. The van der Waals surface area contributed by atoms with Gasteiger partial charge in [0.15, 0.2) is 8.32 Å². The zero-order chi connectivity index (χ0) is 15.4. The largest absolute Gasteiger partial charge is 0.408 e. The van der Waals surface area contributed by atoms with Crippen molar-refractivity contribution >= 4 is 8.32 Å². The summed E-state index contributed by atoms with van der Waals surface area (Å²) in [4.78, 5) is 0. The van der Waals surface area contributed by atoms with E-state index in [9.17, 15) is 5.11 Å². The SMILES string of the molecule is C/C=C/[C@H](O[Si](C)(C)C(C)(C)C)[C@@H](O)C1CCCCC1. The first-order valence-corrected chi connectivity index (χ1v) is 11.1. The van der Waals surface area contributed by atoms with Crippen LogP contribution >= 0.6 is 0 Å². The van der Waals surface area contributed by atoms with Crippen molar-refractivity contribution in [3.05, 3.63) is 12.2 Å². The Morgan fingerprint density at radius 1 is 1.15 bits per heavy atom. The lowest BCUT2D eigenvalue weighted by molar-refractivity contribution is 0.00194. The second kappa shape index (κ2) is 7.23. The van der Waals surface area contributed by atoms with Gasteiger partial charge >= 0.3 is 0 Å². The molecule has 0 amide bonds. The van der Waals surface area contributed by atoms with E-state index in [0.717, 1.165) is 12.8 Å². The molecule has 0 aliphatic heterocycles. The molecule has 0 aromatic carbocycles. The molecule has 0 spiro atoms. The van der Waals surface area contributed by atoms with Gasteiger partial charge in [-0.1, -0.05) is 52.2 Å². The van der Waals surface area contributed by atoms with Gasteiger partial charge in [0, 0.05) is 0 Å². The van der Waals surface area contributed by atoms with Gasteiger partial charge in [0.05, 0.1) is 12.2 Å². The third-order valence-electron chi connectivity index (χ3n) is 5.09. The summed E-state index contributed by atoms with van der Waals surface area (Å²) in [6, 6.07) is 0. The van der Waals surface area contributed by atoms with Crippen LogP contribution in [0.2, 0.25) is 18.1 Å². The molecular weight excluding hydrogens is 264 g/mol. The summed E-state index contributed by atoms with van der Waals surface area (Å²) < 4.78 is 6.46. The van der Waals surface area contributed by atoms with E-state index in [-0.39, 0.29) is 17.2 Å².